The summed E-state index contributed by atoms with van der Waals surface area (Å²) < 4.78 is 40.4. The number of sulfonamides is 1. The van der Waals surface area contributed by atoms with Gasteiger partial charge in [0.05, 0.1) is 11.9 Å². The van der Waals surface area contributed by atoms with Gasteiger partial charge in [-0.1, -0.05) is 0 Å². The van der Waals surface area contributed by atoms with Crippen LogP contribution in [0.2, 0.25) is 0 Å². The minimum Gasteiger partial charge on any atom is -0.481 e. The first kappa shape index (κ1) is 18.8. The van der Waals surface area contributed by atoms with E-state index in [9.17, 15) is 13.2 Å². The molecule has 9 heteroatoms. The summed E-state index contributed by atoms with van der Waals surface area (Å²) in [5.41, 5.74) is 1.08. The Bertz CT molecular complexity index is 943. The Balaban J connectivity index is 1.61. The van der Waals surface area contributed by atoms with Gasteiger partial charge in [-0.2, -0.15) is 0 Å². The maximum atomic E-state index is 12.3. The molecule has 1 aliphatic rings. The molecule has 2 aromatic carbocycles. The number of nitrogens with one attached hydrogen (secondary N) is 1. The highest BCUT2D eigenvalue weighted by molar-refractivity contribution is 7.92. The largest absolute Gasteiger partial charge is 0.481 e. The highest BCUT2D eigenvalue weighted by atomic mass is 32.2. The molecule has 0 aliphatic carbocycles. The van der Waals surface area contributed by atoms with Gasteiger partial charge >= 0.3 is 0 Å². The van der Waals surface area contributed by atoms with Crippen LogP contribution in [-0.4, -0.2) is 40.5 Å². The van der Waals surface area contributed by atoms with E-state index in [0.29, 0.717) is 28.6 Å². The van der Waals surface area contributed by atoms with Crippen molar-refractivity contribution in [2.24, 2.45) is 0 Å². The molecule has 27 heavy (non-hydrogen) atoms. The Morgan fingerprint density at radius 1 is 1.15 bits per heavy atom. The van der Waals surface area contributed by atoms with Crippen molar-refractivity contribution in [1.29, 1.82) is 0 Å². The van der Waals surface area contributed by atoms with E-state index in [1.807, 2.05) is 0 Å². The highest BCUT2D eigenvalue weighted by Gasteiger charge is 2.18. The second kappa shape index (κ2) is 7.36. The van der Waals surface area contributed by atoms with E-state index in [0.717, 1.165) is 10.6 Å². The SMILES string of the molecule is C[C@H](Oc1ccc(N(C)S(C)(=O)=O)cc1)C(=O)Nc1ccc2c(c1)OCO2. The van der Waals surface area contributed by atoms with Crippen molar-refractivity contribution >= 4 is 27.3 Å². The average molecular weight is 392 g/mol. The molecule has 2 aromatic rings. The summed E-state index contributed by atoms with van der Waals surface area (Å²) in [6, 6.07) is 11.6. The summed E-state index contributed by atoms with van der Waals surface area (Å²) in [7, 11) is -1.87. The van der Waals surface area contributed by atoms with Gasteiger partial charge < -0.3 is 19.5 Å². The summed E-state index contributed by atoms with van der Waals surface area (Å²) in [5.74, 6) is 1.34. The van der Waals surface area contributed by atoms with E-state index in [2.05, 4.69) is 5.32 Å². The summed E-state index contributed by atoms with van der Waals surface area (Å²) >= 11 is 0. The molecule has 0 unspecified atom stereocenters. The van der Waals surface area contributed by atoms with Crippen LogP contribution in [0.3, 0.4) is 0 Å². The predicted octanol–water partition coefficient (Wildman–Crippen LogP) is 2.22. The van der Waals surface area contributed by atoms with E-state index in [4.69, 9.17) is 14.2 Å². The molecular formula is C18H20N2O6S. The van der Waals surface area contributed by atoms with Gasteiger partial charge in [0.25, 0.3) is 5.91 Å². The molecule has 0 aromatic heterocycles. The molecule has 1 atom stereocenters. The van der Waals surface area contributed by atoms with Crippen molar-refractivity contribution in [3.05, 3.63) is 42.5 Å². The van der Waals surface area contributed by atoms with Gasteiger partial charge in [-0.25, -0.2) is 8.42 Å². The molecule has 3 rings (SSSR count). The van der Waals surface area contributed by atoms with Gasteiger partial charge in [0.1, 0.15) is 5.75 Å². The highest BCUT2D eigenvalue weighted by Crippen LogP contribution is 2.34. The third kappa shape index (κ3) is 4.43. The first-order valence-corrected chi connectivity index (χ1v) is 10.00. The number of fused-ring (bicyclic) bond motifs is 1. The Kier molecular flexibility index (Phi) is 5.13. The van der Waals surface area contributed by atoms with Crippen LogP contribution in [0.1, 0.15) is 6.92 Å². The maximum absolute atomic E-state index is 12.3. The van der Waals surface area contributed by atoms with E-state index < -0.39 is 16.1 Å². The zero-order chi connectivity index (χ0) is 19.6. The average Bonchev–Trinajstić information content (AvgIpc) is 3.08. The van der Waals surface area contributed by atoms with Crippen LogP contribution >= 0.6 is 0 Å². The first-order chi connectivity index (χ1) is 12.7. The van der Waals surface area contributed by atoms with Gasteiger partial charge in [0.15, 0.2) is 17.6 Å². The number of nitrogens with zero attached hydrogens (tertiary/aromatic N) is 1. The standard InChI is InChI=1S/C18H20N2O6S/c1-12(18(21)19-13-4-9-16-17(10-13)25-11-24-16)26-15-7-5-14(6-8-15)20(2)27(3,22)23/h4-10,12H,11H2,1-3H3,(H,19,21)/t12-/m0/s1. The number of benzene rings is 2. The number of rotatable bonds is 6. The Morgan fingerprint density at radius 3 is 2.48 bits per heavy atom. The lowest BCUT2D eigenvalue weighted by Gasteiger charge is -2.18. The molecule has 0 bridgehead atoms. The van der Waals surface area contributed by atoms with Crippen LogP contribution in [-0.2, 0) is 14.8 Å². The molecule has 0 saturated carbocycles. The molecule has 144 valence electrons. The summed E-state index contributed by atoms with van der Waals surface area (Å²) in [5, 5.41) is 2.75. The monoisotopic (exact) mass is 392 g/mol. The van der Waals surface area contributed by atoms with Crippen LogP contribution in [0, 0.1) is 0 Å². The van der Waals surface area contributed by atoms with Crippen LogP contribution in [0.5, 0.6) is 17.2 Å². The first-order valence-electron chi connectivity index (χ1n) is 8.15. The fraction of sp³-hybridized carbons (Fsp3) is 0.278. The topological polar surface area (TPSA) is 94.2 Å². The van der Waals surface area contributed by atoms with Crippen molar-refractivity contribution in [3.63, 3.8) is 0 Å². The van der Waals surface area contributed by atoms with Crippen molar-refractivity contribution in [2.45, 2.75) is 13.0 Å². The van der Waals surface area contributed by atoms with Gasteiger partial charge in [0, 0.05) is 18.8 Å². The van der Waals surface area contributed by atoms with Crippen LogP contribution in [0.15, 0.2) is 42.5 Å². The minimum absolute atomic E-state index is 0.163. The molecule has 1 amide bonds. The maximum Gasteiger partial charge on any atom is 0.265 e. The number of hydrogen-bond acceptors (Lipinski definition) is 6. The number of amides is 1. The lowest BCUT2D eigenvalue weighted by molar-refractivity contribution is -0.122. The second-order valence-electron chi connectivity index (χ2n) is 6.04. The molecule has 0 fully saturated rings. The van der Waals surface area contributed by atoms with Crippen molar-refractivity contribution < 1.29 is 27.4 Å². The third-order valence-corrected chi connectivity index (χ3v) is 5.23. The quantitative estimate of drug-likeness (QED) is 0.810. The number of carbonyl (C=O) groups excluding carboxylic acids is 1. The molecule has 1 aliphatic heterocycles. The Labute approximate surface area is 157 Å². The lowest BCUT2D eigenvalue weighted by Crippen LogP contribution is -2.30. The predicted molar refractivity (Wildman–Crippen MR) is 101 cm³/mol. The van der Waals surface area contributed by atoms with Crippen LogP contribution < -0.4 is 23.8 Å². The summed E-state index contributed by atoms with van der Waals surface area (Å²) in [6.45, 7) is 1.79. The molecule has 8 nitrogen and oxygen atoms in total. The van der Waals surface area contributed by atoms with Gasteiger partial charge in [-0.05, 0) is 43.3 Å². The normalized spacial score (nSPS) is 13.7. The molecular weight excluding hydrogens is 372 g/mol. The number of ether oxygens (including phenoxy) is 3. The van der Waals surface area contributed by atoms with Gasteiger partial charge in [-0.15, -0.1) is 0 Å². The minimum atomic E-state index is -3.33. The zero-order valence-electron chi connectivity index (χ0n) is 15.1. The van der Waals surface area contributed by atoms with Crippen LogP contribution in [0.4, 0.5) is 11.4 Å². The number of anilines is 2. The van der Waals surface area contributed by atoms with Crippen LogP contribution in [0.25, 0.3) is 0 Å². The molecule has 0 radical (unpaired) electrons. The lowest BCUT2D eigenvalue weighted by atomic mass is 10.2. The molecule has 0 saturated heterocycles. The van der Waals surface area contributed by atoms with E-state index in [-0.39, 0.29) is 12.7 Å². The van der Waals surface area contributed by atoms with Crippen molar-refractivity contribution in [2.75, 3.05) is 29.7 Å². The molecule has 0 spiro atoms. The fourth-order valence-corrected chi connectivity index (χ4v) is 2.91. The summed E-state index contributed by atoms with van der Waals surface area (Å²) in [6.07, 6.45) is 0.369. The number of hydrogen-bond donors (Lipinski definition) is 1. The molecule has 1 N–H and O–H groups in total. The smallest absolute Gasteiger partial charge is 0.265 e. The molecule has 1 heterocycles. The number of carbonyl (C=O) groups is 1. The van der Waals surface area contributed by atoms with Gasteiger partial charge in [-0.3, -0.25) is 9.10 Å². The van der Waals surface area contributed by atoms with Gasteiger partial charge in [0.2, 0.25) is 16.8 Å². The fourth-order valence-electron chi connectivity index (χ4n) is 2.40. The summed E-state index contributed by atoms with van der Waals surface area (Å²) in [4.78, 5) is 12.3. The third-order valence-electron chi connectivity index (χ3n) is 4.02. The Morgan fingerprint density at radius 2 is 1.81 bits per heavy atom. The van der Waals surface area contributed by atoms with Crippen molar-refractivity contribution in [3.8, 4) is 17.2 Å². The Hall–Kier alpha value is -2.94. The van der Waals surface area contributed by atoms with E-state index in [1.165, 1.54) is 7.05 Å². The second-order valence-corrected chi connectivity index (χ2v) is 8.06. The van der Waals surface area contributed by atoms with E-state index in [1.54, 1.807) is 49.4 Å². The zero-order valence-corrected chi connectivity index (χ0v) is 15.9. The van der Waals surface area contributed by atoms with Crippen molar-refractivity contribution in [1.82, 2.24) is 0 Å². The van der Waals surface area contributed by atoms with E-state index >= 15 is 0 Å².